The van der Waals surface area contributed by atoms with E-state index in [1.165, 1.54) is 0 Å². The van der Waals surface area contributed by atoms with Crippen LogP contribution in [0.25, 0.3) is 0 Å². The Hall–Kier alpha value is -0.580. The normalized spacial score (nSPS) is 29.2. The lowest BCUT2D eigenvalue weighted by molar-refractivity contribution is 0.0653. The highest BCUT2D eigenvalue weighted by atomic mass is 35.5. The standard InChI is InChI=1S/C10H11ClO3S/c11-9-3-1-2-8(6-9)10(12)4-5-15(13,14)7-10/h1-3,6,12H,4-5,7H2. The van der Waals surface area contributed by atoms with Gasteiger partial charge in [0, 0.05) is 5.02 Å². The maximum absolute atomic E-state index is 11.3. The second-order valence-electron chi connectivity index (χ2n) is 3.88. The van der Waals surface area contributed by atoms with Crippen LogP contribution in [0.1, 0.15) is 12.0 Å². The van der Waals surface area contributed by atoms with Crippen molar-refractivity contribution in [3.63, 3.8) is 0 Å². The summed E-state index contributed by atoms with van der Waals surface area (Å²) >= 11 is 5.80. The maximum atomic E-state index is 11.3. The van der Waals surface area contributed by atoms with Crippen molar-refractivity contribution in [1.29, 1.82) is 0 Å². The van der Waals surface area contributed by atoms with Gasteiger partial charge in [-0.15, -0.1) is 0 Å². The van der Waals surface area contributed by atoms with Gasteiger partial charge in [-0.05, 0) is 24.1 Å². The molecule has 5 heteroatoms. The molecule has 0 saturated carbocycles. The van der Waals surface area contributed by atoms with E-state index in [1.54, 1.807) is 24.3 Å². The molecule has 1 heterocycles. The molecule has 3 nitrogen and oxygen atoms in total. The molecule has 0 radical (unpaired) electrons. The van der Waals surface area contributed by atoms with E-state index in [0.717, 1.165) is 0 Å². The van der Waals surface area contributed by atoms with Gasteiger partial charge in [0.1, 0.15) is 5.60 Å². The highest BCUT2D eigenvalue weighted by molar-refractivity contribution is 7.91. The van der Waals surface area contributed by atoms with Crippen LogP contribution in [0.3, 0.4) is 0 Å². The number of sulfone groups is 1. The van der Waals surface area contributed by atoms with E-state index in [1.807, 2.05) is 0 Å². The molecule has 0 bridgehead atoms. The van der Waals surface area contributed by atoms with Crippen LogP contribution in [-0.2, 0) is 15.4 Å². The van der Waals surface area contributed by atoms with E-state index >= 15 is 0 Å². The first-order chi connectivity index (χ1) is 6.91. The van der Waals surface area contributed by atoms with Gasteiger partial charge in [-0.3, -0.25) is 0 Å². The Kier molecular flexibility index (Phi) is 2.53. The van der Waals surface area contributed by atoms with Gasteiger partial charge >= 0.3 is 0 Å². The zero-order valence-electron chi connectivity index (χ0n) is 7.98. The molecule has 1 atom stereocenters. The molecule has 0 aromatic heterocycles. The van der Waals surface area contributed by atoms with E-state index in [4.69, 9.17) is 11.6 Å². The van der Waals surface area contributed by atoms with Crippen molar-refractivity contribution in [3.8, 4) is 0 Å². The first kappa shape index (κ1) is 10.9. The van der Waals surface area contributed by atoms with Gasteiger partial charge in [0.05, 0.1) is 11.5 Å². The number of hydrogen-bond acceptors (Lipinski definition) is 3. The predicted octanol–water partition coefficient (Wildman–Crippen LogP) is 1.35. The number of benzene rings is 1. The zero-order chi connectivity index (χ0) is 11.1. The van der Waals surface area contributed by atoms with E-state index < -0.39 is 15.4 Å². The molecule has 0 aliphatic carbocycles. The van der Waals surface area contributed by atoms with Crippen LogP contribution in [0.4, 0.5) is 0 Å². The van der Waals surface area contributed by atoms with Crippen LogP contribution in [0.5, 0.6) is 0 Å². The van der Waals surface area contributed by atoms with Crippen LogP contribution >= 0.6 is 11.6 Å². The number of rotatable bonds is 1. The molecule has 1 aromatic carbocycles. The van der Waals surface area contributed by atoms with Crippen LogP contribution < -0.4 is 0 Å². The molecule has 2 rings (SSSR count). The van der Waals surface area contributed by atoms with Crippen molar-refractivity contribution in [3.05, 3.63) is 34.9 Å². The second kappa shape index (κ2) is 3.47. The molecule has 1 aliphatic rings. The summed E-state index contributed by atoms with van der Waals surface area (Å²) in [6.07, 6.45) is 0.246. The topological polar surface area (TPSA) is 54.4 Å². The van der Waals surface area contributed by atoms with Crippen LogP contribution in [0, 0.1) is 0 Å². The minimum absolute atomic E-state index is 0.0377. The number of hydrogen-bond donors (Lipinski definition) is 1. The summed E-state index contributed by atoms with van der Waals surface area (Å²) < 4.78 is 22.6. The Morgan fingerprint density at radius 1 is 1.40 bits per heavy atom. The van der Waals surface area contributed by atoms with Crippen molar-refractivity contribution in [2.24, 2.45) is 0 Å². The number of aliphatic hydroxyl groups is 1. The molecule has 1 aromatic rings. The summed E-state index contributed by atoms with van der Waals surface area (Å²) in [5.41, 5.74) is -0.680. The Balaban J connectivity index is 2.40. The monoisotopic (exact) mass is 246 g/mol. The van der Waals surface area contributed by atoms with E-state index in [9.17, 15) is 13.5 Å². The molecule has 1 aliphatic heterocycles. The molecular formula is C10H11ClO3S. The van der Waals surface area contributed by atoms with E-state index in [2.05, 4.69) is 0 Å². The smallest absolute Gasteiger partial charge is 0.153 e. The SMILES string of the molecule is O=S1(=O)CCC(O)(c2cccc(Cl)c2)C1. The fraction of sp³-hybridized carbons (Fsp3) is 0.400. The largest absolute Gasteiger partial charge is 0.384 e. The molecule has 0 amide bonds. The Morgan fingerprint density at radius 3 is 2.67 bits per heavy atom. The van der Waals surface area contributed by atoms with Crippen molar-refractivity contribution in [2.45, 2.75) is 12.0 Å². The quantitative estimate of drug-likeness (QED) is 0.814. The van der Waals surface area contributed by atoms with Gasteiger partial charge in [0.15, 0.2) is 9.84 Å². The van der Waals surface area contributed by atoms with Gasteiger partial charge in [-0.2, -0.15) is 0 Å². The summed E-state index contributed by atoms with van der Waals surface area (Å²) in [4.78, 5) is 0. The first-order valence-electron chi connectivity index (χ1n) is 4.60. The highest BCUT2D eigenvalue weighted by Crippen LogP contribution is 2.34. The molecule has 1 unspecified atom stereocenters. The van der Waals surface area contributed by atoms with Gasteiger partial charge in [-0.25, -0.2) is 8.42 Å². The molecule has 1 N–H and O–H groups in total. The molecule has 1 saturated heterocycles. The van der Waals surface area contributed by atoms with E-state index in [-0.39, 0.29) is 17.9 Å². The minimum Gasteiger partial charge on any atom is -0.384 e. The van der Waals surface area contributed by atoms with Crippen molar-refractivity contribution < 1.29 is 13.5 Å². The average Bonchev–Trinajstić information content (AvgIpc) is 2.42. The molecule has 15 heavy (non-hydrogen) atoms. The van der Waals surface area contributed by atoms with Crippen LogP contribution in [0.2, 0.25) is 5.02 Å². The Labute approximate surface area is 93.6 Å². The minimum atomic E-state index is -3.11. The second-order valence-corrected chi connectivity index (χ2v) is 6.50. The van der Waals surface area contributed by atoms with Crippen molar-refractivity contribution in [2.75, 3.05) is 11.5 Å². The lowest BCUT2D eigenvalue weighted by Crippen LogP contribution is -2.26. The zero-order valence-corrected chi connectivity index (χ0v) is 9.55. The Bertz CT molecular complexity index is 483. The lowest BCUT2D eigenvalue weighted by atomic mass is 9.94. The van der Waals surface area contributed by atoms with Crippen molar-refractivity contribution in [1.82, 2.24) is 0 Å². The number of halogens is 1. The van der Waals surface area contributed by atoms with Gasteiger partial charge in [-0.1, -0.05) is 23.7 Å². The molecule has 0 spiro atoms. The summed E-state index contributed by atoms with van der Waals surface area (Å²) in [7, 11) is -3.11. The van der Waals surface area contributed by atoms with Crippen molar-refractivity contribution >= 4 is 21.4 Å². The summed E-state index contributed by atoms with van der Waals surface area (Å²) in [6.45, 7) is 0. The summed E-state index contributed by atoms with van der Waals surface area (Å²) in [5.74, 6) is -0.170. The molecular weight excluding hydrogens is 236 g/mol. The summed E-state index contributed by atoms with van der Waals surface area (Å²) in [6, 6.07) is 6.72. The fourth-order valence-corrected chi connectivity index (χ4v) is 3.86. The highest BCUT2D eigenvalue weighted by Gasteiger charge is 2.41. The average molecular weight is 247 g/mol. The third-order valence-electron chi connectivity index (χ3n) is 2.65. The predicted molar refractivity (Wildman–Crippen MR) is 58.6 cm³/mol. The van der Waals surface area contributed by atoms with Crippen LogP contribution in [-0.4, -0.2) is 25.0 Å². The molecule has 1 fully saturated rings. The first-order valence-corrected chi connectivity index (χ1v) is 6.80. The summed E-state index contributed by atoms with van der Waals surface area (Å²) in [5, 5.41) is 10.7. The maximum Gasteiger partial charge on any atom is 0.153 e. The van der Waals surface area contributed by atoms with Gasteiger partial charge in [0.25, 0.3) is 0 Å². The fourth-order valence-electron chi connectivity index (χ4n) is 1.84. The van der Waals surface area contributed by atoms with Gasteiger partial charge in [0.2, 0.25) is 0 Å². The Morgan fingerprint density at radius 2 is 2.13 bits per heavy atom. The lowest BCUT2D eigenvalue weighted by Gasteiger charge is -2.21. The third-order valence-corrected chi connectivity index (χ3v) is 4.63. The third kappa shape index (κ3) is 2.17. The molecule has 82 valence electrons. The van der Waals surface area contributed by atoms with Gasteiger partial charge < -0.3 is 5.11 Å². The van der Waals surface area contributed by atoms with Crippen LogP contribution in [0.15, 0.2) is 24.3 Å². The van der Waals surface area contributed by atoms with E-state index in [0.29, 0.717) is 10.6 Å².